The molecule has 0 fully saturated rings. The monoisotopic (exact) mass is 278 g/mol. The zero-order chi connectivity index (χ0) is 14.7. The van der Waals surface area contributed by atoms with Gasteiger partial charge in [0.25, 0.3) is 0 Å². The molecule has 21 heavy (non-hydrogen) atoms. The molecular weight excluding hydrogens is 264 g/mol. The van der Waals surface area contributed by atoms with Gasteiger partial charge < -0.3 is 10.5 Å². The Hall–Kier alpha value is -2.95. The van der Waals surface area contributed by atoms with Crippen LogP contribution in [0.5, 0.6) is 5.75 Å². The second-order valence-electron chi connectivity index (χ2n) is 4.43. The van der Waals surface area contributed by atoms with E-state index < -0.39 is 0 Å². The van der Waals surface area contributed by atoms with Gasteiger partial charge in [-0.15, -0.1) is 0 Å². The van der Waals surface area contributed by atoms with Crippen molar-refractivity contribution in [2.75, 3.05) is 7.11 Å². The first-order valence-electron chi connectivity index (χ1n) is 6.47. The van der Waals surface area contributed by atoms with Gasteiger partial charge in [0.05, 0.1) is 12.8 Å². The van der Waals surface area contributed by atoms with Crippen LogP contribution in [0.25, 0.3) is 0 Å². The minimum absolute atomic E-state index is 0.324. The first-order valence-corrected chi connectivity index (χ1v) is 6.47. The molecule has 5 nitrogen and oxygen atoms in total. The Balaban J connectivity index is 1.90. The standard InChI is InChI=1S/C16H14N4O/c1-21-13-9-7-12(8-10-13)18-16-14(17)19-15(20-16)11-5-3-2-4-6-11/h2-10H,1H3,(H2,17,18,19,20). The molecule has 0 radical (unpaired) electrons. The summed E-state index contributed by atoms with van der Waals surface area (Å²) in [5, 5.41) is 0. The lowest BCUT2D eigenvalue weighted by molar-refractivity contribution is 0.415. The molecule has 2 aromatic carbocycles. The summed E-state index contributed by atoms with van der Waals surface area (Å²) in [5.74, 6) is 2.12. The van der Waals surface area contributed by atoms with Gasteiger partial charge in [0.1, 0.15) is 5.75 Å². The summed E-state index contributed by atoms with van der Waals surface area (Å²) < 4.78 is 5.11. The van der Waals surface area contributed by atoms with Gasteiger partial charge in [-0.3, -0.25) is 0 Å². The van der Waals surface area contributed by atoms with E-state index in [1.807, 2.05) is 54.6 Å². The predicted octanol–water partition coefficient (Wildman–Crippen LogP) is 2.54. The van der Waals surface area contributed by atoms with E-state index in [2.05, 4.69) is 15.0 Å². The fourth-order valence-corrected chi connectivity index (χ4v) is 1.92. The molecule has 1 heterocycles. The third kappa shape index (κ3) is 2.81. The van der Waals surface area contributed by atoms with Gasteiger partial charge in [-0.25, -0.2) is 15.0 Å². The van der Waals surface area contributed by atoms with Crippen LogP contribution in [0.2, 0.25) is 0 Å². The summed E-state index contributed by atoms with van der Waals surface area (Å²) in [6.07, 6.45) is 0. The Labute approximate surface area is 122 Å². The number of ether oxygens (including phenoxy) is 1. The lowest BCUT2D eigenvalue weighted by Crippen LogP contribution is -2.18. The summed E-state index contributed by atoms with van der Waals surface area (Å²) in [7, 11) is 1.62. The van der Waals surface area contributed by atoms with E-state index >= 15 is 0 Å². The molecule has 0 atom stereocenters. The Kier molecular flexibility index (Phi) is 3.47. The minimum Gasteiger partial charge on any atom is -0.497 e. The van der Waals surface area contributed by atoms with E-state index in [-0.39, 0.29) is 0 Å². The van der Waals surface area contributed by atoms with E-state index in [1.165, 1.54) is 0 Å². The van der Waals surface area contributed by atoms with Crippen molar-refractivity contribution in [3.05, 3.63) is 60.2 Å². The van der Waals surface area contributed by atoms with Gasteiger partial charge in [0, 0.05) is 5.56 Å². The van der Waals surface area contributed by atoms with E-state index in [4.69, 9.17) is 10.5 Å². The topological polar surface area (TPSA) is 72.3 Å². The van der Waals surface area contributed by atoms with Crippen LogP contribution in [0.15, 0.2) is 69.6 Å². The molecule has 2 N–H and O–H groups in total. The number of nitrogens with two attached hydrogens (primary N) is 1. The number of methoxy groups -OCH3 is 1. The van der Waals surface area contributed by atoms with Crippen LogP contribution < -0.4 is 10.5 Å². The smallest absolute Gasteiger partial charge is 0.197 e. The number of benzene rings is 2. The van der Waals surface area contributed by atoms with Crippen LogP contribution in [0.3, 0.4) is 0 Å². The molecular formula is C16H14N4O. The normalized spacial score (nSPS) is 15.8. The average Bonchev–Trinajstić information content (AvgIpc) is 2.90. The maximum atomic E-state index is 5.89. The highest BCUT2D eigenvalue weighted by atomic mass is 16.5. The van der Waals surface area contributed by atoms with Crippen LogP contribution in [-0.2, 0) is 0 Å². The van der Waals surface area contributed by atoms with E-state index in [9.17, 15) is 0 Å². The van der Waals surface area contributed by atoms with Crippen molar-refractivity contribution in [2.24, 2.45) is 20.7 Å². The summed E-state index contributed by atoms with van der Waals surface area (Å²) in [6, 6.07) is 17.0. The lowest BCUT2D eigenvalue weighted by Gasteiger charge is -1.99. The van der Waals surface area contributed by atoms with Crippen LogP contribution >= 0.6 is 0 Å². The highest BCUT2D eigenvalue weighted by Gasteiger charge is 2.16. The molecule has 3 rings (SSSR count). The van der Waals surface area contributed by atoms with Crippen LogP contribution in [0, 0.1) is 0 Å². The van der Waals surface area contributed by atoms with E-state index in [1.54, 1.807) is 7.11 Å². The van der Waals surface area contributed by atoms with Gasteiger partial charge in [0.2, 0.25) is 0 Å². The zero-order valence-electron chi connectivity index (χ0n) is 11.5. The third-order valence-corrected chi connectivity index (χ3v) is 3.01. The number of rotatable bonds is 3. The largest absolute Gasteiger partial charge is 0.497 e. The molecule has 2 aromatic rings. The molecule has 5 heteroatoms. The van der Waals surface area contributed by atoms with Crippen molar-refractivity contribution < 1.29 is 4.74 Å². The van der Waals surface area contributed by atoms with Gasteiger partial charge in [-0.2, -0.15) is 0 Å². The molecule has 1 aliphatic rings. The highest BCUT2D eigenvalue weighted by molar-refractivity contribution is 6.47. The van der Waals surface area contributed by atoms with Crippen molar-refractivity contribution >= 4 is 23.2 Å². The maximum absolute atomic E-state index is 5.89. The van der Waals surface area contributed by atoms with E-state index in [0.29, 0.717) is 17.5 Å². The second kappa shape index (κ2) is 5.58. The van der Waals surface area contributed by atoms with Crippen molar-refractivity contribution in [3.63, 3.8) is 0 Å². The maximum Gasteiger partial charge on any atom is 0.197 e. The zero-order valence-corrected chi connectivity index (χ0v) is 11.5. The number of hydrogen-bond donors (Lipinski definition) is 1. The molecule has 0 amide bonds. The molecule has 0 saturated carbocycles. The fourth-order valence-electron chi connectivity index (χ4n) is 1.92. The highest BCUT2D eigenvalue weighted by Crippen LogP contribution is 2.19. The number of amidine groups is 3. The Morgan fingerprint density at radius 1 is 0.952 bits per heavy atom. The van der Waals surface area contributed by atoms with E-state index in [0.717, 1.165) is 17.0 Å². The third-order valence-electron chi connectivity index (χ3n) is 3.01. The number of aliphatic imine (C=N–C) groups is 3. The molecule has 0 unspecified atom stereocenters. The van der Waals surface area contributed by atoms with Crippen LogP contribution in [0.1, 0.15) is 5.56 Å². The number of hydrogen-bond acceptors (Lipinski definition) is 4. The Bertz CT molecular complexity index is 731. The van der Waals surface area contributed by atoms with Gasteiger partial charge in [-0.1, -0.05) is 30.3 Å². The molecule has 0 aromatic heterocycles. The van der Waals surface area contributed by atoms with Crippen LogP contribution in [-0.4, -0.2) is 24.6 Å². The summed E-state index contributed by atoms with van der Waals surface area (Å²) >= 11 is 0. The number of nitrogens with zero attached hydrogens (tertiary/aromatic N) is 3. The second-order valence-corrected chi connectivity index (χ2v) is 4.43. The molecule has 1 aliphatic heterocycles. The summed E-state index contributed by atoms with van der Waals surface area (Å²) in [6.45, 7) is 0. The fraction of sp³-hybridized carbons (Fsp3) is 0.0625. The van der Waals surface area contributed by atoms with Crippen molar-refractivity contribution in [1.82, 2.24) is 0 Å². The minimum atomic E-state index is 0.324. The van der Waals surface area contributed by atoms with Crippen molar-refractivity contribution in [2.45, 2.75) is 0 Å². The quantitative estimate of drug-likeness (QED) is 0.937. The molecule has 0 aliphatic carbocycles. The predicted molar refractivity (Wildman–Crippen MR) is 84.7 cm³/mol. The Morgan fingerprint density at radius 3 is 2.33 bits per heavy atom. The lowest BCUT2D eigenvalue weighted by atomic mass is 10.2. The first kappa shape index (κ1) is 13.1. The molecule has 104 valence electrons. The van der Waals surface area contributed by atoms with Gasteiger partial charge >= 0.3 is 0 Å². The summed E-state index contributed by atoms with van der Waals surface area (Å²) in [4.78, 5) is 13.1. The molecule has 0 bridgehead atoms. The Morgan fingerprint density at radius 2 is 1.67 bits per heavy atom. The average molecular weight is 278 g/mol. The van der Waals surface area contributed by atoms with Gasteiger partial charge in [0.15, 0.2) is 17.5 Å². The molecule has 0 saturated heterocycles. The first-order chi connectivity index (χ1) is 10.3. The van der Waals surface area contributed by atoms with Gasteiger partial charge in [-0.05, 0) is 24.3 Å². The van der Waals surface area contributed by atoms with Crippen molar-refractivity contribution in [3.8, 4) is 5.75 Å². The van der Waals surface area contributed by atoms with Crippen LogP contribution in [0.4, 0.5) is 5.69 Å². The van der Waals surface area contributed by atoms with Crippen molar-refractivity contribution in [1.29, 1.82) is 0 Å². The summed E-state index contributed by atoms with van der Waals surface area (Å²) in [5.41, 5.74) is 7.56. The SMILES string of the molecule is COc1ccc(N=C2N=C(c3ccccc3)N=C2N)cc1. The molecule has 0 spiro atoms.